The molecule has 4 nitrogen and oxygen atoms in total. The first-order valence-corrected chi connectivity index (χ1v) is 12.8. The van der Waals surface area contributed by atoms with Crippen molar-refractivity contribution in [2.75, 3.05) is 0 Å². The van der Waals surface area contributed by atoms with Crippen LogP contribution >= 0.6 is 0 Å². The van der Waals surface area contributed by atoms with Crippen molar-refractivity contribution in [2.24, 2.45) is 5.41 Å². The highest BCUT2D eigenvalue weighted by Gasteiger charge is 2.23. The minimum absolute atomic E-state index is 0. The van der Waals surface area contributed by atoms with Gasteiger partial charge in [0.1, 0.15) is 0 Å². The lowest BCUT2D eigenvalue weighted by molar-refractivity contribution is -0.318. The number of quaternary nitrogens is 1. The topological polar surface area (TPSA) is 96.9 Å². The van der Waals surface area contributed by atoms with Gasteiger partial charge in [-0.15, -0.1) is 0 Å². The first-order valence-electron chi connectivity index (χ1n) is 12.8. The van der Waals surface area contributed by atoms with Crippen molar-refractivity contribution < 1.29 is 15.0 Å². The maximum absolute atomic E-state index is 11.0. The molecule has 182 valence electrons. The van der Waals surface area contributed by atoms with E-state index in [0.29, 0.717) is 6.42 Å². The summed E-state index contributed by atoms with van der Waals surface area (Å²) in [5.74, 6) is -1.07. The Bertz CT molecular complexity index is 371. The van der Waals surface area contributed by atoms with Crippen molar-refractivity contribution in [1.29, 1.82) is 0 Å². The SMILES string of the molecule is CCCCCCCCCCCCCCCCCCCCC(O)CC(C)(C)C(=O)[O-].[NH4+]. The van der Waals surface area contributed by atoms with E-state index in [0.717, 1.165) is 12.8 Å². The number of carboxylic acid groups (broad SMARTS) is 1. The summed E-state index contributed by atoms with van der Waals surface area (Å²) in [5, 5.41) is 21.0. The van der Waals surface area contributed by atoms with Crippen molar-refractivity contribution in [2.45, 2.75) is 155 Å². The van der Waals surface area contributed by atoms with Crippen LogP contribution in [-0.2, 0) is 4.79 Å². The van der Waals surface area contributed by atoms with E-state index in [2.05, 4.69) is 6.92 Å². The number of aliphatic hydroxyl groups excluding tert-OH is 1. The molecule has 0 spiro atoms. The zero-order chi connectivity index (χ0) is 21.8. The van der Waals surface area contributed by atoms with Crippen LogP contribution in [0.1, 0.15) is 149 Å². The van der Waals surface area contributed by atoms with E-state index in [1.165, 1.54) is 103 Å². The lowest BCUT2D eigenvalue weighted by Gasteiger charge is -2.28. The molecule has 0 bridgehead atoms. The molecule has 4 heteroatoms. The predicted molar refractivity (Wildman–Crippen MR) is 129 cm³/mol. The van der Waals surface area contributed by atoms with Crippen LogP contribution in [-0.4, -0.2) is 17.2 Å². The Morgan fingerprint density at radius 2 is 1.00 bits per heavy atom. The number of unbranched alkanes of at least 4 members (excludes halogenated alkanes) is 17. The molecule has 1 unspecified atom stereocenters. The van der Waals surface area contributed by atoms with E-state index in [4.69, 9.17) is 0 Å². The molecule has 0 aliphatic rings. The van der Waals surface area contributed by atoms with Gasteiger partial charge >= 0.3 is 0 Å². The molecule has 0 aliphatic heterocycles. The molecular weight excluding hydrogens is 374 g/mol. The van der Waals surface area contributed by atoms with Crippen LogP contribution in [0.15, 0.2) is 0 Å². The van der Waals surface area contributed by atoms with Crippen LogP contribution in [0.5, 0.6) is 0 Å². The summed E-state index contributed by atoms with van der Waals surface area (Å²) in [6.45, 7) is 5.53. The van der Waals surface area contributed by atoms with Crippen molar-refractivity contribution in [3.05, 3.63) is 0 Å². The average Bonchev–Trinajstić information content (AvgIpc) is 2.66. The summed E-state index contributed by atoms with van der Waals surface area (Å²) < 4.78 is 0. The fourth-order valence-corrected chi connectivity index (χ4v) is 4.06. The first-order chi connectivity index (χ1) is 13.9. The number of carbonyl (C=O) groups is 1. The molecule has 0 aromatic heterocycles. The Balaban J connectivity index is 0. The van der Waals surface area contributed by atoms with Gasteiger partial charge in [-0.05, 0) is 12.8 Å². The fourth-order valence-electron chi connectivity index (χ4n) is 4.06. The molecule has 1 atom stereocenters. The van der Waals surface area contributed by atoms with E-state index in [-0.39, 0.29) is 12.6 Å². The summed E-state index contributed by atoms with van der Waals surface area (Å²) in [7, 11) is 0. The third kappa shape index (κ3) is 20.7. The van der Waals surface area contributed by atoms with Crippen molar-refractivity contribution in [1.82, 2.24) is 6.15 Å². The summed E-state index contributed by atoms with van der Waals surface area (Å²) in [6.07, 6.45) is 24.8. The van der Waals surface area contributed by atoms with Gasteiger partial charge in [0.2, 0.25) is 0 Å². The molecule has 0 fully saturated rings. The highest BCUT2D eigenvalue weighted by Crippen LogP contribution is 2.24. The predicted octanol–water partition coefficient (Wildman–Crippen LogP) is 7.32. The molecule has 5 N–H and O–H groups in total. The maximum atomic E-state index is 11.0. The van der Waals surface area contributed by atoms with Gasteiger partial charge in [0, 0.05) is 11.4 Å². The third-order valence-corrected chi connectivity index (χ3v) is 6.19. The molecule has 0 radical (unpaired) electrons. The standard InChI is InChI=1S/C26H52O3.H3N/c1-4-5-6-7-8-9-10-11-12-13-14-15-16-17-18-19-20-21-22-24(27)23-26(2,3)25(28)29;/h24,27H,4-23H2,1-3H3,(H,28,29);1H3. The average molecular weight is 430 g/mol. The first kappa shape index (κ1) is 31.6. The molecule has 0 saturated heterocycles. The Kier molecular flexibility index (Phi) is 22.8. The van der Waals surface area contributed by atoms with Crippen LogP contribution in [0, 0.1) is 5.41 Å². The molecule has 0 heterocycles. The van der Waals surface area contributed by atoms with Gasteiger partial charge in [-0.3, -0.25) is 0 Å². The Morgan fingerprint density at radius 3 is 1.30 bits per heavy atom. The second-order valence-corrected chi connectivity index (χ2v) is 9.83. The van der Waals surface area contributed by atoms with Gasteiger partial charge in [-0.25, -0.2) is 0 Å². The van der Waals surface area contributed by atoms with Crippen LogP contribution < -0.4 is 11.3 Å². The molecule has 30 heavy (non-hydrogen) atoms. The van der Waals surface area contributed by atoms with Gasteiger partial charge < -0.3 is 21.2 Å². The normalized spacial score (nSPS) is 12.5. The monoisotopic (exact) mass is 429 g/mol. The quantitative estimate of drug-likeness (QED) is 0.176. The Hall–Kier alpha value is -0.610. The highest BCUT2D eigenvalue weighted by molar-refractivity contribution is 5.71. The summed E-state index contributed by atoms with van der Waals surface area (Å²) in [4.78, 5) is 11.0. The number of hydrogen-bond acceptors (Lipinski definition) is 3. The number of carboxylic acids is 1. The molecule has 0 aromatic carbocycles. The van der Waals surface area contributed by atoms with E-state index < -0.39 is 17.5 Å². The number of rotatable bonds is 22. The van der Waals surface area contributed by atoms with Crippen LogP contribution in [0.25, 0.3) is 0 Å². The van der Waals surface area contributed by atoms with Crippen LogP contribution in [0.3, 0.4) is 0 Å². The zero-order valence-corrected chi connectivity index (χ0v) is 21.0. The van der Waals surface area contributed by atoms with Crippen LogP contribution in [0.4, 0.5) is 0 Å². The Morgan fingerprint density at radius 1 is 0.700 bits per heavy atom. The van der Waals surface area contributed by atoms with Gasteiger partial charge in [0.15, 0.2) is 0 Å². The molecular formula is C26H55NO3. The van der Waals surface area contributed by atoms with Crippen molar-refractivity contribution >= 4 is 5.97 Å². The van der Waals surface area contributed by atoms with E-state index in [1.54, 1.807) is 13.8 Å². The lowest BCUT2D eigenvalue weighted by Crippen LogP contribution is -2.40. The third-order valence-electron chi connectivity index (χ3n) is 6.19. The maximum Gasteiger partial charge on any atom is 0.0549 e. The van der Waals surface area contributed by atoms with E-state index in [9.17, 15) is 15.0 Å². The number of aliphatic hydroxyl groups is 1. The molecule has 0 saturated carbocycles. The fraction of sp³-hybridized carbons (Fsp3) is 0.962. The van der Waals surface area contributed by atoms with E-state index in [1.807, 2.05) is 0 Å². The van der Waals surface area contributed by atoms with Crippen LogP contribution in [0.2, 0.25) is 0 Å². The number of aliphatic carboxylic acids is 1. The largest absolute Gasteiger partial charge is 0.550 e. The smallest absolute Gasteiger partial charge is 0.0549 e. The summed E-state index contributed by atoms with van der Waals surface area (Å²) in [5.41, 5.74) is -0.937. The van der Waals surface area contributed by atoms with Gasteiger partial charge in [-0.1, -0.05) is 136 Å². The second-order valence-electron chi connectivity index (χ2n) is 9.83. The minimum atomic E-state index is -1.07. The highest BCUT2D eigenvalue weighted by atomic mass is 16.4. The Labute approximate surface area is 188 Å². The molecule has 0 amide bonds. The molecule has 0 rings (SSSR count). The minimum Gasteiger partial charge on any atom is -0.550 e. The molecule has 0 aromatic rings. The van der Waals surface area contributed by atoms with Gasteiger partial charge in [0.25, 0.3) is 0 Å². The van der Waals surface area contributed by atoms with Crippen molar-refractivity contribution in [3.8, 4) is 0 Å². The van der Waals surface area contributed by atoms with Gasteiger partial charge in [-0.2, -0.15) is 0 Å². The van der Waals surface area contributed by atoms with Gasteiger partial charge in [0.05, 0.1) is 6.10 Å². The summed E-state index contributed by atoms with van der Waals surface area (Å²) in [6, 6.07) is 0. The van der Waals surface area contributed by atoms with Crippen molar-refractivity contribution in [3.63, 3.8) is 0 Å². The summed E-state index contributed by atoms with van der Waals surface area (Å²) >= 11 is 0. The van der Waals surface area contributed by atoms with E-state index >= 15 is 0 Å². The molecule has 0 aliphatic carbocycles. The zero-order valence-electron chi connectivity index (χ0n) is 21.0. The second kappa shape index (κ2) is 21.6. The number of hydrogen-bond donors (Lipinski definition) is 2. The lowest BCUT2D eigenvalue weighted by atomic mass is 9.85. The number of carbonyl (C=O) groups excluding carboxylic acids is 1.